The van der Waals surface area contributed by atoms with Crippen molar-refractivity contribution in [1.29, 1.82) is 0 Å². The molecule has 1 spiro atoms. The van der Waals surface area contributed by atoms with Crippen LogP contribution in [0.3, 0.4) is 0 Å². The Hall–Kier alpha value is -7.52. The Bertz CT molecular complexity index is 3490. The van der Waals surface area contributed by atoms with Gasteiger partial charge in [-0.25, -0.2) is 0 Å². The minimum atomic E-state index is -0.432. The van der Waals surface area contributed by atoms with Gasteiger partial charge in [0.05, 0.1) is 21.5 Å². The van der Waals surface area contributed by atoms with Gasteiger partial charge in [-0.2, -0.15) is 0 Å². The Morgan fingerprint density at radius 3 is 1.67 bits per heavy atom. The molecule has 0 N–H and O–H groups in total. The van der Waals surface area contributed by atoms with Gasteiger partial charge in [-0.05, 0) is 114 Å². The van der Waals surface area contributed by atoms with Crippen LogP contribution in [0.15, 0.2) is 224 Å². The summed E-state index contributed by atoms with van der Waals surface area (Å²) >= 11 is 1.89. The number of hydrogen-bond acceptors (Lipinski definition) is 2. The van der Waals surface area contributed by atoms with Gasteiger partial charge in [0, 0.05) is 26.7 Å². The number of thiophene rings is 1. The van der Waals surface area contributed by atoms with Gasteiger partial charge >= 0.3 is 0 Å². The van der Waals surface area contributed by atoms with Crippen molar-refractivity contribution in [2.24, 2.45) is 0 Å². The minimum absolute atomic E-state index is 0.432. The fourth-order valence-electron chi connectivity index (χ4n) is 10.7. The molecule has 11 aromatic rings. The highest BCUT2D eigenvalue weighted by Gasteiger charge is 2.52. The number of fused-ring (bicyclic) bond motifs is 14. The first-order valence-electron chi connectivity index (χ1n) is 21.1. The zero-order chi connectivity index (χ0) is 40.1. The number of hydrogen-bond donors (Lipinski definition) is 0. The Labute approximate surface area is 359 Å². The van der Waals surface area contributed by atoms with Crippen molar-refractivity contribution in [2.45, 2.75) is 5.41 Å². The maximum atomic E-state index is 2.54. The second kappa shape index (κ2) is 13.2. The predicted molar refractivity (Wildman–Crippen MR) is 259 cm³/mol. The first kappa shape index (κ1) is 34.4. The third-order valence-electron chi connectivity index (χ3n) is 13.3. The lowest BCUT2D eigenvalue weighted by Gasteiger charge is -2.32. The van der Waals surface area contributed by atoms with Gasteiger partial charge in [0.15, 0.2) is 0 Å². The van der Waals surface area contributed by atoms with Gasteiger partial charge in [0.2, 0.25) is 0 Å². The van der Waals surface area contributed by atoms with Crippen molar-refractivity contribution in [3.8, 4) is 44.5 Å². The van der Waals surface area contributed by atoms with Gasteiger partial charge in [0.25, 0.3) is 0 Å². The molecule has 0 saturated heterocycles. The summed E-state index contributed by atoms with van der Waals surface area (Å²) in [6.45, 7) is 0. The fourth-order valence-corrected chi connectivity index (χ4v) is 11.8. The van der Waals surface area contributed by atoms with E-state index in [-0.39, 0.29) is 0 Å². The summed E-state index contributed by atoms with van der Waals surface area (Å²) < 4.78 is 2.56. The van der Waals surface area contributed by atoms with Gasteiger partial charge in [0.1, 0.15) is 0 Å². The summed E-state index contributed by atoms with van der Waals surface area (Å²) in [7, 11) is 0. The van der Waals surface area contributed by atoms with E-state index in [2.05, 4.69) is 229 Å². The van der Waals surface area contributed by atoms with Crippen molar-refractivity contribution < 1.29 is 0 Å². The fraction of sp³-hybridized carbons (Fsp3) is 0.0169. The Balaban J connectivity index is 1.07. The highest BCUT2D eigenvalue weighted by Crippen LogP contribution is 2.65. The van der Waals surface area contributed by atoms with E-state index >= 15 is 0 Å². The molecule has 0 saturated carbocycles. The van der Waals surface area contributed by atoms with Crippen molar-refractivity contribution in [3.63, 3.8) is 0 Å². The average Bonchev–Trinajstić information content (AvgIpc) is 3.97. The largest absolute Gasteiger partial charge is 0.308 e. The van der Waals surface area contributed by atoms with E-state index in [1.807, 2.05) is 11.3 Å². The quantitative estimate of drug-likeness (QED) is 0.168. The summed E-state index contributed by atoms with van der Waals surface area (Å²) in [4.78, 5) is 2.54. The lowest BCUT2D eigenvalue weighted by atomic mass is 9.70. The van der Waals surface area contributed by atoms with E-state index in [0.717, 1.165) is 5.69 Å². The van der Waals surface area contributed by atoms with Crippen molar-refractivity contribution in [2.75, 3.05) is 4.90 Å². The number of nitrogens with zero attached hydrogens (tertiary/aromatic N) is 1. The molecule has 1 nitrogen and oxygen atoms in total. The molecule has 2 aliphatic rings. The van der Waals surface area contributed by atoms with Gasteiger partial charge in [-0.3, -0.25) is 0 Å². The predicted octanol–water partition coefficient (Wildman–Crippen LogP) is 16.4. The van der Waals surface area contributed by atoms with Crippen LogP contribution < -0.4 is 4.90 Å². The maximum absolute atomic E-state index is 2.54. The van der Waals surface area contributed by atoms with Crippen LogP contribution >= 0.6 is 11.3 Å². The highest BCUT2D eigenvalue weighted by molar-refractivity contribution is 7.26. The van der Waals surface area contributed by atoms with E-state index in [0.29, 0.717) is 0 Å². The van der Waals surface area contributed by atoms with E-state index in [1.54, 1.807) is 0 Å². The molecule has 1 aromatic heterocycles. The normalized spacial score (nSPS) is 13.0. The van der Waals surface area contributed by atoms with Crippen LogP contribution in [0.25, 0.3) is 75.5 Å². The number of rotatable bonds is 5. The molecule has 10 aromatic carbocycles. The standard InChI is InChI=1S/C59H37NS/c1-2-14-38(15-3-1)43-32-35-56-49(37-43)47-21-12-27-55(58(47)61-56)60(44-33-30-40(31-34-44)42-29-28-39-16-4-5-17-41(39)36-42)54-26-13-25-53-57(54)48-20-8-11-24-52(48)59(53)50-22-9-6-18-45(50)46-19-7-10-23-51(46)59/h1-37H. The van der Waals surface area contributed by atoms with Crippen LogP contribution in [0.1, 0.15) is 22.3 Å². The molecular formula is C59H37NS. The molecule has 0 fully saturated rings. The zero-order valence-corrected chi connectivity index (χ0v) is 34.0. The maximum Gasteiger partial charge on any atom is 0.0726 e. The molecule has 13 rings (SSSR count). The summed E-state index contributed by atoms with van der Waals surface area (Å²) in [5, 5.41) is 5.07. The van der Waals surface area contributed by atoms with E-state index in [4.69, 9.17) is 0 Å². The summed E-state index contributed by atoms with van der Waals surface area (Å²) in [5.74, 6) is 0. The molecule has 284 valence electrons. The minimum Gasteiger partial charge on any atom is -0.308 e. The summed E-state index contributed by atoms with van der Waals surface area (Å²) in [5.41, 5.74) is 18.5. The molecule has 0 unspecified atom stereocenters. The van der Waals surface area contributed by atoms with E-state index < -0.39 is 5.41 Å². The molecule has 2 aliphatic carbocycles. The summed E-state index contributed by atoms with van der Waals surface area (Å²) in [6, 6.07) is 83.5. The van der Waals surface area contributed by atoms with Gasteiger partial charge in [-0.1, -0.05) is 182 Å². The lowest BCUT2D eigenvalue weighted by Crippen LogP contribution is -2.26. The average molecular weight is 792 g/mol. The highest BCUT2D eigenvalue weighted by atomic mass is 32.1. The molecule has 0 bridgehead atoms. The Morgan fingerprint density at radius 1 is 0.344 bits per heavy atom. The van der Waals surface area contributed by atoms with E-state index in [9.17, 15) is 0 Å². The van der Waals surface area contributed by atoms with Crippen LogP contribution in [-0.2, 0) is 5.41 Å². The van der Waals surface area contributed by atoms with Crippen LogP contribution in [-0.4, -0.2) is 0 Å². The van der Waals surface area contributed by atoms with Crippen LogP contribution in [0, 0.1) is 0 Å². The van der Waals surface area contributed by atoms with Crippen molar-refractivity contribution in [3.05, 3.63) is 247 Å². The SMILES string of the molecule is c1ccc(-c2ccc3sc4c(N(c5ccc(-c6ccc7ccccc7c6)cc5)c5cccc6c5-c5ccccc5C65c6ccccc6-c6ccccc65)cccc4c3c2)cc1. The first-order chi connectivity index (χ1) is 30.3. The van der Waals surface area contributed by atoms with Crippen LogP contribution in [0.2, 0.25) is 0 Å². The number of benzene rings is 10. The number of anilines is 3. The zero-order valence-electron chi connectivity index (χ0n) is 33.2. The van der Waals surface area contributed by atoms with E-state index in [1.165, 1.54) is 109 Å². The molecular weight excluding hydrogens is 755 g/mol. The summed E-state index contributed by atoms with van der Waals surface area (Å²) in [6.07, 6.45) is 0. The molecule has 61 heavy (non-hydrogen) atoms. The molecule has 0 aliphatic heterocycles. The van der Waals surface area contributed by atoms with Crippen molar-refractivity contribution in [1.82, 2.24) is 0 Å². The van der Waals surface area contributed by atoms with Gasteiger partial charge < -0.3 is 4.90 Å². The Morgan fingerprint density at radius 2 is 0.902 bits per heavy atom. The monoisotopic (exact) mass is 791 g/mol. The third-order valence-corrected chi connectivity index (χ3v) is 14.5. The molecule has 1 heterocycles. The third kappa shape index (κ3) is 4.94. The smallest absolute Gasteiger partial charge is 0.0726 e. The topological polar surface area (TPSA) is 3.24 Å². The molecule has 0 radical (unpaired) electrons. The molecule has 0 amide bonds. The molecule has 0 atom stereocenters. The van der Waals surface area contributed by atoms with Crippen molar-refractivity contribution >= 4 is 59.3 Å². The first-order valence-corrected chi connectivity index (χ1v) is 21.9. The molecule has 2 heteroatoms. The lowest BCUT2D eigenvalue weighted by molar-refractivity contribution is 0.794. The second-order valence-corrected chi connectivity index (χ2v) is 17.4. The second-order valence-electron chi connectivity index (χ2n) is 16.4. The van der Waals surface area contributed by atoms with Gasteiger partial charge in [-0.15, -0.1) is 11.3 Å². The van der Waals surface area contributed by atoms with Crippen LogP contribution in [0.5, 0.6) is 0 Å². The Kier molecular flexibility index (Phi) is 7.46. The van der Waals surface area contributed by atoms with Crippen LogP contribution in [0.4, 0.5) is 17.1 Å².